The van der Waals surface area contributed by atoms with Crippen LogP contribution in [0.25, 0.3) is 53.9 Å². The van der Waals surface area contributed by atoms with Gasteiger partial charge in [0, 0.05) is 83.1 Å². The van der Waals surface area contributed by atoms with Gasteiger partial charge in [0.15, 0.2) is 0 Å². The molecule has 5 amide bonds. The standard InChI is InChI=1S/C20H15NO2.C19H10F3NO2.C19H13NO3.C19H13NO2.C18H11NO2/c1-12-6-13(2)8-16(7-12)21-18-10-14(11-22)9-15-4-3-5-17(19(15)18)20(21)23;20-19(21,22)13-4-6-14(7-5-13)23-16-9-11(10-24)8-12-2-1-3-15(17(12)16)18(23)25;1-23-15-7-5-14(6-8-15)20-17-10-12(11-21)9-13-3-2-4-16(18(13)17)19(20)22;21-12-14-9-15-7-4-8-16-18(15)17(10-14)20(19(16)22)11-13-5-2-1-3-6-13;20-11-12-9-13-5-4-8-15-17(13)16(10-12)19(18(15)21)14-6-2-1-3-7-14/h3-11H,1-2H3;1-10H;2-11H,1H3;1-10,12H,11H2;1-11H. The minimum Gasteiger partial charge on any atom is -0.497 e. The van der Waals surface area contributed by atoms with Gasteiger partial charge in [0.05, 0.1) is 69.9 Å². The van der Waals surface area contributed by atoms with Crippen molar-refractivity contribution in [2.45, 2.75) is 26.6 Å². The Bertz CT molecular complexity index is 6570. The van der Waals surface area contributed by atoms with Crippen molar-refractivity contribution in [1.29, 1.82) is 0 Å². The van der Waals surface area contributed by atoms with Gasteiger partial charge >= 0.3 is 6.18 Å². The fourth-order valence-corrected chi connectivity index (χ4v) is 15.6. The van der Waals surface area contributed by atoms with E-state index in [1.54, 1.807) is 87.4 Å². The third-order valence-corrected chi connectivity index (χ3v) is 20.5. The van der Waals surface area contributed by atoms with Crippen LogP contribution in [0.1, 0.15) is 126 Å². The van der Waals surface area contributed by atoms with E-state index >= 15 is 0 Å². The number of para-hydroxylation sites is 1. The first-order chi connectivity index (χ1) is 55.3. The summed E-state index contributed by atoms with van der Waals surface area (Å²) in [7, 11) is 1.60. The predicted molar refractivity (Wildman–Crippen MR) is 436 cm³/mol. The summed E-state index contributed by atoms with van der Waals surface area (Å²) in [6.45, 7) is 4.54. The summed E-state index contributed by atoms with van der Waals surface area (Å²) in [5, 5.41) is 8.75. The molecular formula is C95H62F3N5O11. The van der Waals surface area contributed by atoms with E-state index < -0.39 is 11.7 Å². The minimum atomic E-state index is -4.44. The number of carbonyl (C=O) groups excluding carboxylic acids is 10. The van der Waals surface area contributed by atoms with Crippen LogP contribution in [0.2, 0.25) is 0 Å². The molecule has 15 aromatic carbocycles. The number of rotatable bonds is 12. The number of aryl methyl sites for hydroxylation is 2. The van der Waals surface area contributed by atoms with Gasteiger partial charge in [-0.15, -0.1) is 0 Å². The van der Waals surface area contributed by atoms with E-state index in [4.69, 9.17) is 4.74 Å². The van der Waals surface area contributed by atoms with Gasteiger partial charge in [0.1, 0.15) is 37.2 Å². The number of benzene rings is 15. The first-order valence-electron chi connectivity index (χ1n) is 36.1. The molecule has 114 heavy (non-hydrogen) atoms. The van der Waals surface area contributed by atoms with Crippen LogP contribution < -0.4 is 29.2 Å². The second kappa shape index (κ2) is 29.7. The number of aldehydes is 5. The largest absolute Gasteiger partial charge is 0.497 e. The molecule has 0 unspecified atom stereocenters. The molecule has 5 heterocycles. The minimum absolute atomic E-state index is 0.00694. The van der Waals surface area contributed by atoms with E-state index in [2.05, 4.69) is 6.07 Å². The first kappa shape index (κ1) is 73.1. The number of methoxy groups -OCH3 is 1. The smallest absolute Gasteiger partial charge is 0.416 e. The number of anilines is 9. The number of hydrogen-bond donors (Lipinski definition) is 0. The van der Waals surface area contributed by atoms with Crippen molar-refractivity contribution in [3.63, 3.8) is 0 Å². The lowest BCUT2D eigenvalue weighted by Crippen LogP contribution is -2.26. The van der Waals surface area contributed by atoms with Gasteiger partial charge in [-0.3, -0.25) is 67.5 Å². The van der Waals surface area contributed by atoms with Crippen molar-refractivity contribution in [2.24, 2.45) is 0 Å². The van der Waals surface area contributed by atoms with E-state index in [-0.39, 0.29) is 29.5 Å². The van der Waals surface area contributed by atoms with Crippen molar-refractivity contribution in [1.82, 2.24) is 0 Å². The van der Waals surface area contributed by atoms with Gasteiger partial charge in [0.25, 0.3) is 29.5 Å². The highest BCUT2D eigenvalue weighted by molar-refractivity contribution is 6.32. The Morgan fingerprint density at radius 1 is 0.307 bits per heavy atom. The molecule has 0 N–H and O–H groups in total. The number of ether oxygens (including phenoxy) is 1. The molecule has 554 valence electrons. The number of amides is 5. The lowest BCUT2D eigenvalue weighted by molar-refractivity contribution is -0.137. The number of nitrogens with zero attached hydrogens (tertiary/aromatic N) is 5. The Morgan fingerprint density at radius 2 is 0.605 bits per heavy atom. The summed E-state index contributed by atoms with van der Waals surface area (Å²) >= 11 is 0. The molecule has 0 atom stereocenters. The van der Waals surface area contributed by atoms with Gasteiger partial charge in [-0.05, 0) is 221 Å². The highest BCUT2D eigenvalue weighted by atomic mass is 19.4. The fraction of sp³-hybridized carbons (Fsp3) is 0.0526. The number of alkyl halides is 3. The summed E-state index contributed by atoms with van der Waals surface area (Å²) in [4.78, 5) is 128. The summed E-state index contributed by atoms with van der Waals surface area (Å²) in [6.07, 6.45) is -0.499. The average molecular weight is 1510 g/mol. The van der Waals surface area contributed by atoms with E-state index in [0.29, 0.717) is 85.2 Å². The Balaban J connectivity index is 0.000000107. The zero-order chi connectivity index (χ0) is 79.4. The van der Waals surface area contributed by atoms with Gasteiger partial charge in [-0.2, -0.15) is 13.2 Å². The second-order valence-electron chi connectivity index (χ2n) is 27.7. The molecule has 0 bridgehead atoms. The summed E-state index contributed by atoms with van der Waals surface area (Å²) in [5.41, 5.74) is 14.7. The maximum absolute atomic E-state index is 12.9. The normalized spacial score (nSPS) is 13.0. The quantitative estimate of drug-likeness (QED) is 0.106. The average Bonchev–Trinajstić information content (AvgIpc) is 1.61. The Morgan fingerprint density at radius 3 is 0.939 bits per heavy atom. The van der Waals surface area contributed by atoms with E-state index in [1.807, 2.05) is 202 Å². The molecule has 0 spiro atoms. The number of carbonyl (C=O) groups is 10. The lowest BCUT2D eigenvalue weighted by Gasteiger charge is -2.19. The van der Waals surface area contributed by atoms with Crippen LogP contribution in [-0.4, -0.2) is 68.1 Å². The highest BCUT2D eigenvalue weighted by Crippen LogP contribution is 2.48. The topological polar surface area (TPSA) is 196 Å². The molecule has 16 nitrogen and oxygen atoms in total. The number of hydrogen-bond acceptors (Lipinski definition) is 11. The van der Waals surface area contributed by atoms with Crippen molar-refractivity contribution < 1.29 is 65.9 Å². The first-order valence-corrected chi connectivity index (χ1v) is 36.1. The highest BCUT2D eigenvalue weighted by Gasteiger charge is 2.38. The monoisotopic (exact) mass is 1510 g/mol. The van der Waals surface area contributed by atoms with Crippen molar-refractivity contribution >= 4 is 166 Å². The molecule has 0 saturated heterocycles. The molecular weight excluding hydrogens is 1440 g/mol. The maximum Gasteiger partial charge on any atom is 0.416 e. The zero-order valence-corrected chi connectivity index (χ0v) is 61.0. The van der Waals surface area contributed by atoms with E-state index in [9.17, 15) is 61.1 Å². The maximum atomic E-state index is 12.9. The fourth-order valence-electron chi connectivity index (χ4n) is 15.6. The van der Waals surface area contributed by atoms with Crippen LogP contribution in [-0.2, 0) is 12.7 Å². The zero-order valence-electron chi connectivity index (χ0n) is 61.0. The van der Waals surface area contributed by atoms with Crippen LogP contribution >= 0.6 is 0 Å². The predicted octanol–water partition coefficient (Wildman–Crippen LogP) is 21.2. The summed E-state index contributed by atoms with van der Waals surface area (Å²) in [5.74, 6) is 0.211. The van der Waals surface area contributed by atoms with Crippen molar-refractivity contribution in [3.8, 4) is 5.75 Å². The van der Waals surface area contributed by atoms with Crippen molar-refractivity contribution in [2.75, 3.05) is 31.6 Å². The Labute approximate surface area is 649 Å². The Hall–Kier alpha value is -15.1. The molecule has 19 heteroatoms. The molecule has 0 radical (unpaired) electrons. The number of halogens is 3. The van der Waals surface area contributed by atoms with Crippen LogP contribution in [0, 0.1) is 13.8 Å². The second-order valence-corrected chi connectivity index (χ2v) is 27.7. The summed E-state index contributed by atoms with van der Waals surface area (Å²) in [6, 6.07) is 82.4. The third kappa shape index (κ3) is 13.1. The molecule has 0 aromatic heterocycles. The van der Waals surface area contributed by atoms with Gasteiger partial charge in [0.2, 0.25) is 0 Å². The van der Waals surface area contributed by atoms with E-state index in [1.165, 1.54) is 17.0 Å². The molecule has 0 aliphatic carbocycles. The van der Waals surface area contributed by atoms with Gasteiger partial charge in [-0.1, -0.05) is 115 Å². The van der Waals surface area contributed by atoms with Crippen LogP contribution in [0.5, 0.6) is 5.75 Å². The van der Waals surface area contributed by atoms with Gasteiger partial charge < -0.3 is 9.64 Å². The van der Waals surface area contributed by atoms with Crippen LogP contribution in [0.4, 0.5) is 64.4 Å². The van der Waals surface area contributed by atoms with Crippen molar-refractivity contribution in [3.05, 3.63) is 357 Å². The molecule has 0 fully saturated rings. The molecule has 5 aliphatic rings. The SMILES string of the molecule is COc1ccc(N2C(=O)c3cccc4cc(C=O)cc2c34)cc1.Cc1cc(C)cc(N2C(=O)c3cccc4cc(C=O)cc2c34)c1.O=Cc1cc2c3c(cccc3c1)C(=O)N2Cc1ccccc1.O=Cc1cc2c3c(cccc3c1)C(=O)N2c1ccc(C(F)(F)F)cc1.O=Cc1cc2c3c(cccc3c1)C(=O)N2c1ccccc1. The Kier molecular flexibility index (Phi) is 19.0. The van der Waals surface area contributed by atoms with Crippen LogP contribution in [0.15, 0.2) is 279 Å². The summed E-state index contributed by atoms with van der Waals surface area (Å²) < 4.78 is 43.4. The third-order valence-electron chi connectivity index (χ3n) is 20.5. The van der Waals surface area contributed by atoms with Crippen LogP contribution in [0.3, 0.4) is 0 Å². The molecule has 20 rings (SSSR count). The molecule has 5 aliphatic heterocycles. The van der Waals surface area contributed by atoms with E-state index in [0.717, 1.165) is 148 Å². The van der Waals surface area contributed by atoms with Gasteiger partial charge in [-0.25, -0.2) is 0 Å². The molecule has 15 aromatic rings. The lowest BCUT2D eigenvalue weighted by atomic mass is 10.0. The molecule has 0 saturated carbocycles.